The topological polar surface area (TPSA) is 50.4 Å². The summed E-state index contributed by atoms with van der Waals surface area (Å²) in [6.07, 6.45) is 6.10. The molecule has 76 valence electrons. The number of rotatable bonds is 1. The minimum Gasteiger partial charge on any atom is -0.402 e. The summed E-state index contributed by atoms with van der Waals surface area (Å²) in [5.41, 5.74) is 7.61. The van der Waals surface area contributed by atoms with Gasteiger partial charge in [0.05, 0.1) is 0 Å². The van der Waals surface area contributed by atoms with Crippen LogP contribution in [0.2, 0.25) is 0 Å². The summed E-state index contributed by atoms with van der Waals surface area (Å²) in [5.74, 6) is 0.865. The van der Waals surface area contributed by atoms with E-state index in [1.54, 1.807) is 6.20 Å². The summed E-state index contributed by atoms with van der Waals surface area (Å²) in [4.78, 5) is 4.26. The molecule has 0 fully saturated rings. The molecule has 0 bridgehead atoms. The first kappa shape index (κ1) is 9.52. The fourth-order valence-electron chi connectivity index (χ4n) is 1.36. The van der Waals surface area contributed by atoms with E-state index in [1.165, 1.54) is 0 Å². The molecule has 2 rings (SSSR count). The van der Waals surface area contributed by atoms with Crippen LogP contribution in [0.1, 0.15) is 6.42 Å². The second-order valence-corrected chi connectivity index (χ2v) is 3.33. The maximum absolute atomic E-state index is 5.77. The summed E-state index contributed by atoms with van der Waals surface area (Å²) >= 11 is 0. The maximum Gasteiger partial charge on any atom is 0.112 e. The molecule has 1 aromatic carbocycles. The number of aliphatic imine (C=N–C) groups is 1. The van der Waals surface area contributed by atoms with Gasteiger partial charge in [-0.3, -0.25) is 0 Å². The fraction of sp³-hybridized carbons (Fsp3) is 0.0833. The molecule has 0 unspecified atom stereocenters. The van der Waals surface area contributed by atoms with Crippen molar-refractivity contribution >= 4 is 11.5 Å². The van der Waals surface area contributed by atoms with Crippen molar-refractivity contribution in [3.8, 4) is 0 Å². The van der Waals surface area contributed by atoms with Crippen molar-refractivity contribution in [1.29, 1.82) is 0 Å². The molecule has 0 spiro atoms. The van der Waals surface area contributed by atoms with Gasteiger partial charge in [0, 0.05) is 24.0 Å². The highest BCUT2D eigenvalue weighted by Crippen LogP contribution is 2.09. The van der Waals surface area contributed by atoms with Crippen LogP contribution in [0.4, 0.5) is 5.69 Å². The van der Waals surface area contributed by atoms with Crippen molar-refractivity contribution in [3.05, 3.63) is 54.4 Å². The molecule has 0 aromatic heterocycles. The Labute approximate surface area is 89.0 Å². The Balaban J connectivity index is 2.10. The highest BCUT2D eigenvalue weighted by Gasteiger charge is 2.02. The van der Waals surface area contributed by atoms with Gasteiger partial charge in [0.15, 0.2) is 0 Å². The van der Waals surface area contributed by atoms with E-state index < -0.39 is 0 Å². The zero-order chi connectivity index (χ0) is 10.5. The molecule has 1 aromatic rings. The number of allylic oxidation sites excluding steroid dienone is 2. The third-order valence-corrected chi connectivity index (χ3v) is 2.06. The monoisotopic (exact) mass is 199 g/mol. The van der Waals surface area contributed by atoms with Gasteiger partial charge in [-0.05, 0) is 24.3 Å². The van der Waals surface area contributed by atoms with Crippen LogP contribution < -0.4 is 11.1 Å². The van der Waals surface area contributed by atoms with Crippen LogP contribution in [0, 0.1) is 0 Å². The van der Waals surface area contributed by atoms with Crippen LogP contribution in [-0.4, -0.2) is 5.84 Å². The third-order valence-electron chi connectivity index (χ3n) is 2.06. The Morgan fingerprint density at radius 2 is 2.00 bits per heavy atom. The van der Waals surface area contributed by atoms with E-state index in [4.69, 9.17) is 5.73 Å². The number of nitrogens with zero attached hydrogens (tertiary/aromatic N) is 1. The standard InChI is InChI=1S/C12H13N3/c13-10-5-4-8-14-12(9-10)15-11-6-2-1-3-7-11/h1-8H,9,13H2,(H,14,15). The third kappa shape index (κ3) is 2.71. The smallest absolute Gasteiger partial charge is 0.112 e. The summed E-state index contributed by atoms with van der Waals surface area (Å²) < 4.78 is 0. The van der Waals surface area contributed by atoms with E-state index in [-0.39, 0.29) is 0 Å². The maximum atomic E-state index is 5.77. The second-order valence-electron chi connectivity index (χ2n) is 3.33. The number of nitrogens with one attached hydrogen (secondary N) is 1. The molecule has 0 amide bonds. The zero-order valence-electron chi connectivity index (χ0n) is 8.35. The Hall–Kier alpha value is -2.03. The van der Waals surface area contributed by atoms with Gasteiger partial charge in [-0.25, -0.2) is 4.99 Å². The molecule has 0 saturated heterocycles. The first-order valence-corrected chi connectivity index (χ1v) is 4.84. The normalized spacial score (nSPS) is 15.2. The molecule has 1 aliphatic rings. The summed E-state index contributed by atoms with van der Waals surface area (Å²) in [5, 5.41) is 3.23. The summed E-state index contributed by atoms with van der Waals surface area (Å²) in [7, 11) is 0. The molecular formula is C12H13N3. The lowest BCUT2D eigenvalue weighted by Gasteiger charge is -2.08. The molecule has 3 N–H and O–H groups in total. The van der Waals surface area contributed by atoms with Gasteiger partial charge >= 0.3 is 0 Å². The largest absolute Gasteiger partial charge is 0.402 e. The SMILES string of the molecule is NC1=CC=CN=C(Nc2ccccc2)C1. The van der Waals surface area contributed by atoms with Gasteiger partial charge < -0.3 is 11.1 Å². The van der Waals surface area contributed by atoms with E-state index in [0.29, 0.717) is 6.42 Å². The van der Waals surface area contributed by atoms with Crippen molar-refractivity contribution < 1.29 is 0 Å². The van der Waals surface area contributed by atoms with Crippen LogP contribution in [0.25, 0.3) is 0 Å². The average molecular weight is 199 g/mol. The number of amidine groups is 1. The molecule has 1 aliphatic heterocycles. The second kappa shape index (κ2) is 4.46. The molecule has 1 heterocycles. The number of para-hydroxylation sites is 1. The molecular weight excluding hydrogens is 186 g/mol. The van der Waals surface area contributed by atoms with Crippen LogP contribution in [0.15, 0.2) is 59.4 Å². The highest BCUT2D eigenvalue weighted by molar-refractivity contribution is 5.97. The lowest BCUT2D eigenvalue weighted by molar-refractivity contribution is 1.20. The van der Waals surface area contributed by atoms with Crippen molar-refractivity contribution in [3.63, 3.8) is 0 Å². The van der Waals surface area contributed by atoms with Gasteiger partial charge in [-0.1, -0.05) is 18.2 Å². The highest BCUT2D eigenvalue weighted by atomic mass is 15.0. The van der Waals surface area contributed by atoms with E-state index in [1.807, 2.05) is 42.5 Å². The van der Waals surface area contributed by atoms with Crippen LogP contribution >= 0.6 is 0 Å². The van der Waals surface area contributed by atoms with E-state index in [2.05, 4.69) is 10.3 Å². The average Bonchev–Trinajstić information content (AvgIpc) is 2.44. The molecule has 0 aliphatic carbocycles. The van der Waals surface area contributed by atoms with Gasteiger partial charge in [-0.2, -0.15) is 0 Å². The zero-order valence-corrected chi connectivity index (χ0v) is 8.35. The fourth-order valence-corrected chi connectivity index (χ4v) is 1.36. The van der Waals surface area contributed by atoms with Crippen molar-refractivity contribution in [1.82, 2.24) is 0 Å². The lowest BCUT2D eigenvalue weighted by atomic mass is 10.2. The molecule has 3 heteroatoms. The predicted molar refractivity (Wildman–Crippen MR) is 63.5 cm³/mol. The first-order chi connectivity index (χ1) is 7.34. The quantitative estimate of drug-likeness (QED) is 0.728. The number of nitrogens with two attached hydrogens (primary N) is 1. The molecule has 0 saturated carbocycles. The minimum absolute atomic E-state index is 0.655. The Morgan fingerprint density at radius 3 is 2.80 bits per heavy atom. The lowest BCUT2D eigenvalue weighted by Crippen LogP contribution is -2.14. The van der Waals surface area contributed by atoms with Gasteiger partial charge in [0.2, 0.25) is 0 Å². The number of benzene rings is 1. The van der Waals surface area contributed by atoms with Gasteiger partial charge in [0.1, 0.15) is 5.84 Å². The first-order valence-electron chi connectivity index (χ1n) is 4.84. The van der Waals surface area contributed by atoms with E-state index in [0.717, 1.165) is 17.2 Å². The summed E-state index contributed by atoms with van der Waals surface area (Å²) in [6, 6.07) is 9.94. The van der Waals surface area contributed by atoms with Gasteiger partial charge in [-0.15, -0.1) is 0 Å². The molecule has 0 radical (unpaired) electrons. The summed E-state index contributed by atoms with van der Waals surface area (Å²) in [6.45, 7) is 0. The van der Waals surface area contributed by atoms with Crippen LogP contribution in [-0.2, 0) is 0 Å². The van der Waals surface area contributed by atoms with E-state index in [9.17, 15) is 0 Å². The van der Waals surface area contributed by atoms with Gasteiger partial charge in [0.25, 0.3) is 0 Å². The van der Waals surface area contributed by atoms with E-state index >= 15 is 0 Å². The number of hydrogen-bond acceptors (Lipinski definition) is 3. The van der Waals surface area contributed by atoms with Crippen LogP contribution in [0.5, 0.6) is 0 Å². The Bertz CT molecular complexity index is 416. The van der Waals surface area contributed by atoms with Crippen LogP contribution in [0.3, 0.4) is 0 Å². The Morgan fingerprint density at radius 1 is 1.20 bits per heavy atom. The Kier molecular flexibility index (Phi) is 2.83. The van der Waals surface area contributed by atoms with Crippen molar-refractivity contribution in [2.75, 3.05) is 5.32 Å². The number of anilines is 1. The van der Waals surface area contributed by atoms with Crippen molar-refractivity contribution in [2.24, 2.45) is 10.7 Å². The van der Waals surface area contributed by atoms with Crippen molar-refractivity contribution in [2.45, 2.75) is 6.42 Å². The molecule has 3 nitrogen and oxygen atoms in total. The number of hydrogen-bond donors (Lipinski definition) is 2. The molecule has 0 atom stereocenters. The molecule has 15 heavy (non-hydrogen) atoms. The minimum atomic E-state index is 0.655. The predicted octanol–water partition coefficient (Wildman–Crippen LogP) is 2.26.